The zero-order valence-corrected chi connectivity index (χ0v) is 13.9. The fraction of sp³-hybridized carbons (Fsp3) is 0.353. The number of ether oxygens (including phenoxy) is 1. The Morgan fingerprint density at radius 3 is 2.78 bits per heavy atom. The predicted molar refractivity (Wildman–Crippen MR) is 89.1 cm³/mol. The van der Waals surface area contributed by atoms with Crippen LogP contribution < -0.4 is 5.32 Å². The molecule has 1 aromatic heterocycles. The number of nitrogens with zero attached hydrogens (tertiary/aromatic N) is 1. The predicted octanol–water partition coefficient (Wildman–Crippen LogP) is 3.48. The Balaban J connectivity index is 1.61. The lowest BCUT2D eigenvalue weighted by Gasteiger charge is -2.14. The smallest absolute Gasteiger partial charge is 0.310 e. The normalized spacial score (nSPS) is 19.4. The van der Waals surface area contributed by atoms with Crippen molar-refractivity contribution in [2.75, 3.05) is 5.32 Å². The summed E-state index contributed by atoms with van der Waals surface area (Å²) in [5.41, 5.74) is 1.35. The fourth-order valence-corrected chi connectivity index (χ4v) is 3.43. The highest BCUT2D eigenvalue weighted by Crippen LogP contribution is 2.32. The molecule has 1 fully saturated rings. The average Bonchev–Trinajstić information content (AvgIpc) is 3.04. The van der Waals surface area contributed by atoms with Gasteiger partial charge in [-0.15, -0.1) is 11.3 Å². The van der Waals surface area contributed by atoms with Crippen molar-refractivity contribution in [2.45, 2.75) is 32.3 Å². The molecule has 1 aromatic carbocycles. The SMILES string of the molecule is CC1(C)C[C@@H](CC(=O)Nc2nc(-c3ccccc3)cs2)C(=O)O1. The van der Waals surface area contributed by atoms with E-state index in [1.54, 1.807) is 0 Å². The Morgan fingerprint density at radius 2 is 2.13 bits per heavy atom. The number of thiazole rings is 1. The summed E-state index contributed by atoms with van der Waals surface area (Å²) in [5.74, 6) is -0.883. The number of nitrogens with one attached hydrogen (secondary N) is 1. The van der Waals surface area contributed by atoms with E-state index in [-0.39, 0.29) is 24.2 Å². The second-order valence-electron chi connectivity index (χ2n) is 6.24. The van der Waals surface area contributed by atoms with Gasteiger partial charge in [0.15, 0.2) is 5.13 Å². The highest BCUT2D eigenvalue weighted by molar-refractivity contribution is 7.14. The highest BCUT2D eigenvalue weighted by atomic mass is 32.1. The monoisotopic (exact) mass is 330 g/mol. The summed E-state index contributed by atoms with van der Waals surface area (Å²) in [7, 11) is 0. The lowest BCUT2D eigenvalue weighted by molar-refractivity contribution is -0.149. The zero-order valence-electron chi connectivity index (χ0n) is 13.0. The molecule has 0 aliphatic carbocycles. The van der Waals surface area contributed by atoms with Crippen molar-refractivity contribution in [3.8, 4) is 11.3 Å². The van der Waals surface area contributed by atoms with Crippen LogP contribution in [0.1, 0.15) is 26.7 Å². The third-order valence-corrected chi connectivity index (χ3v) is 4.46. The summed E-state index contributed by atoms with van der Waals surface area (Å²) in [5, 5.41) is 5.21. The number of carbonyl (C=O) groups excluding carboxylic acids is 2. The Kier molecular flexibility index (Phi) is 4.17. The van der Waals surface area contributed by atoms with Crippen molar-refractivity contribution in [3.63, 3.8) is 0 Å². The number of hydrogen-bond acceptors (Lipinski definition) is 5. The second kappa shape index (κ2) is 6.12. The van der Waals surface area contributed by atoms with E-state index >= 15 is 0 Å². The van der Waals surface area contributed by atoms with Gasteiger partial charge in [0.25, 0.3) is 0 Å². The van der Waals surface area contributed by atoms with Gasteiger partial charge >= 0.3 is 5.97 Å². The van der Waals surface area contributed by atoms with Gasteiger partial charge < -0.3 is 10.1 Å². The molecule has 2 aromatic rings. The summed E-state index contributed by atoms with van der Waals surface area (Å²) < 4.78 is 5.24. The molecule has 0 radical (unpaired) electrons. The van der Waals surface area contributed by atoms with Crippen LogP contribution in [0, 0.1) is 5.92 Å². The first-order chi connectivity index (χ1) is 10.9. The first kappa shape index (κ1) is 15.7. The number of benzene rings is 1. The number of anilines is 1. The quantitative estimate of drug-likeness (QED) is 0.872. The van der Waals surface area contributed by atoms with E-state index < -0.39 is 5.60 Å². The molecular formula is C17H18N2O3S. The molecule has 5 nitrogen and oxygen atoms in total. The molecule has 1 aliphatic rings. The van der Waals surface area contributed by atoms with Crippen LogP contribution in [-0.4, -0.2) is 22.5 Å². The molecule has 1 atom stereocenters. The number of cyclic esters (lactones) is 1. The summed E-state index contributed by atoms with van der Waals surface area (Å²) >= 11 is 1.37. The van der Waals surface area contributed by atoms with Gasteiger partial charge in [-0.1, -0.05) is 30.3 Å². The minimum atomic E-state index is -0.482. The van der Waals surface area contributed by atoms with Crippen LogP contribution in [0.15, 0.2) is 35.7 Å². The van der Waals surface area contributed by atoms with Crippen molar-refractivity contribution in [3.05, 3.63) is 35.7 Å². The summed E-state index contributed by atoms with van der Waals surface area (Å²) in [4.78, 5) is 28.3. The lowest BCUT2D eigenvalue weighted by Crippen LogP contribution is -2.19. The van der Waals surface area contributed by atoms with Crippen LogP contribution in [0.4, 0.5) is 5.13 Å². The topological polar surface area (TPSA) is 68.3 Å². The molecule has 0 spiro atoms. The first-order valence-corrected chi connectivity index (χ1v) is 8.34. The van der Waals surface area contributed by atoms with E-state index in [1.165, 1.54) is 11.3 Å². The van der Waals surface area contributed by atoms with E-state index in [2.05, 4.69) is 10.3 Å². The largest absolute Gasteiger partial charge is 0.459 e. The highest BCUT2D eigenvalue weighted by Gasteiger charge is 2.40. The van der Waals surface area contributed by atoms with Crippen molar-refractivity contribution in [1.29, 1.82) is 0 Å². The summed E-state index contributed by atoms with van der Waals surface area (Å²) in [6, 6.07) is 9.77. The van der Waals surface area contributed by atoms with E-state index in [1.807, 2.05) is 49.6 Å². The van der Waals surface area contributed by atoms with E-state index in [0.29, 0.717) is 11.6 Å². The number of carbonyl (C=O) groups is 2. The van der Waals surface area contributed by atoms with Gasteiger partial charge in [-0.2, -0.15) is 0 Å². The average molecular weight is 330 g/mol. The maximum atomic E-state index is 12.1. The molecule has 1 N–H and O–H groups in total. The van der Waals surface area contributed by atoms with Crippen LogP contribution in [0.2, 0.25) is 0 Å². The Morgan fingerprint density at radius 1 is 1.39 bits per heavy atom. The standard InChI is InChI=1S/C17H18N2O3S/c1-17(2)9-12(15(21)22-17)8-14(20)19-16-18-13(10-23-16)11-6-4-3-5-7-11/h3-7,10,12H,8-9H2,1-2H3,(H,18,19,20)/t12-/m1/s1. The fourth-order valence-electron chi connectivity index (χ4n) is 2.70. The molecule has 1 aliphatic heterocycles. The molecule has 0 unspecified atom stereocenters. The second-order valence-corrected chi connectivity index (χ2v) is 7.10. The van der Waals surface area contributed by atoms with Gasteiger partial charge in [0.1, 0.15) is 5.60 Å². The van der Waals surface area contributed by atoms with Crippen LogP contribution in [0.3, 0.4) is 0 Å². The van der Waals surface area contributed by atoms with Gasteiger partial charge in [-0.25, -0.2) is 4.98 Å². The lowest BCUT2D eigenvalue weighted by atomic mass is 9.95. The summed E-state index contributed by atoms with van der Waals surface area (Å²) in [6.07, 6.45) is 0.689. The zero-order chi connectivity index (χ0) is 16.4. The first-order valence-electron chi connectivity index (χ1n) is 7.47. The molecule has 2 heterocycles. The number of esters is 1. The molecule has 3 rings (SSSR count). The van der Waals surface area contributed by atoms with Crippen LogP contribution in [0.25, 0.3) is 11.3 Å². The number of hydrogen-bond donors (Lipinski definition) is 1. The Bertz CT molecular complexity index is 724. The third kappa shape index (κ3) is 3.76. The maximum absolute atomic E-state index is 12.1. The molecule has 6 heteroatoms. The molecule has 0 saturated carbocycles. The minimum Gasteiger partial charge on any atom is -0.459 e. The maximum Gasteiger partial charge on any atom is 0.310 e. The Labute approximate surface area is 138 Å². The molecular weight excluding hydrogens is 312 g/mol. The molecule has 1 saturated heterocycles. The van der Waals surface area contributed by atoms with Crippen molar-refractivity contribution >= 4 is 28.3 Å². The van der Waals surface area contributed by atoms with E-state index in [9.17, 15) is 9.59 Å². The van der Waals surface area contributed by atoms with Gasteiger partial charge in [0.05, 0.1) is 11.6 Å². The molecule has 23 heavy (non-hydrogen) atoms. The summed E-state index contributed by atoms with van der Waals surface area (Å²) in [6.45, 7) is 3.71. The van der Waals surface area contributed by atoms with Crippen LogP contribution >= 0.6 is 11.3 Å². The molecule has 0 bridgehead atoms. The van der Waals surface area contributed by atoms with E-state index in [0.717, 1.165) is 11.3 Å². The van der Waals surface area contributed by atoms with Gasteiger partial charge in [0, 0.05) is 23.8 Å². The number of amides is 1. The van der Waals surface area contributed by atoms with Crippen LogP contribution in [0.5, 0.6) is 0 Å². The van der Waals surface area contributed by atoms with Crippen molar-refractivity contribution in [2.24, 2.45) is 5.92 Å². The molecule has 120 valence electrons. The minimum absolute atomic E-state index is 0.127. The van der Waals surface area contributed by atoms with Gasteiger partial charge in [-0.05, 0) is 13.8 Å². The van der Waals surface area contributed by atoms with Gasteiger partial charge in [-0.3, -0.25) is 9.59 Å². The number of rotatable bonds is 4. The van der Waals surface area contributed by atoms with Crippen molar-refractivity contribution < 1.29 is 14.3 Å². The van der Waals surface area contributed by atoms with Crippen molar-refractivity contribution in [1.82, 2.24) is 4.98 Å². The van der Waals surface area contributed by atoms with Crippen LogP contribution in [-0.2, 0) is 14.3 Å². The molecule has 1 amide bonds. The van der Waals surface area contributed by atoms with E-state index in [4.69, 9.17) is 4.74 Å². The Hall–Kier alpha value is -2.21. The third-order valence-electron chi connectivity index (χ3n) is 3.70. The number of aromatic nitrogens is 1. The van der Waals surface area contributed by atoms with Gasteiger partial charge in [0.2, 0.25) is 5.91 Å².